The van der Waals surface area contributed by atoms with E-state index in [0.717, 1.165) is 24.3 Å². The standard InChI is InChI=1S/C14H8B2F4O3/c17-9-5-1-3-7(11(9)19)15-13(21)23-14(22)16-8-4-2-6-10(18)12(8)20/h1-6,15-16H. The normalized spacial score (nSPS) is 10.1. The molecule has 0 N–H and O–H groups in total. The van der Waals surface area contributed by atoms with Gasteiger partial charge in [0.15, 0.2) is 23.3 Å². The van der Waals surface area contributed by atoms with Crippen LogP contribution in [0.1, 0.15) is 0 Å². The van der Waals surface area contributed by atoms with Crippen molar-refractivity contribution in [2.45, 2.75) is 0 Å². The maximum Gasteiger partial charge on any atom is 0.297 e. The van der Waals surface area contributed by atoms with E-state index in [1.165, 1.54) is 12.1 Å². The fourth-order valence-corrected chi connectivity index (χ4v) is 1.88. The van der Waals surface area contributed by atoms with Gasteiger partial charge in [-0.2, -0.15) is 0 Å². The van der Waals surface area contributed by atoms with E-state index < -0.39 is 49.6 Å². The molecule has 0 radical (unpaired) electrons. The molecule has 0 fully saturated rings. The Labute approximate surface area is 129 Å². The Morgan fingerprint density at radius 2 is 1.13 bits per heavy atom. The molecular formula is C14H8B2F4O3. The SMILES string of the molecule is O=C(Bc1cccc(F)c1F)OC(=O)Bc1cccc(F)c1F. The third-order valence-corrected chi connectivity index (χ3v) is 2.96. The highest BCUT2D eigenvalue weighted by Gasteiger charge is 2.20. The smallest absolute Gasteiger partial charge is 0.297 e. The average Bonchev–Trinajstić information content (AvgIpc) is 2.48. The van der Waals surface area contributed by atoms with Crippen molar-refractivity contribution < 1.29 is 31.9 Å². The Morgan fingerprint density at radius 3 is 1.52 bits per heavy atom. The van der Waals surface area contributed by atoms with Gasteiger partial charge < -0.3 is 4.74 Å². The molecule has 0 bridgehead atoms. The van der Waals surface area contributed by atoms with Gasteiger partial charge in [-0.1, -0.05) is 24.3 Å². The molecule has 0 aliphatic rings. The van der Waals surface area contributed by atoms with Crippen LogP contribution in [0, 0.1) is 23.3 Å². The lowest BCUT2D eigenvalue weighted by Gasteiger charge is -2.04. The molecule has 0 aromatic heterocycles. The zero-order chi connectivity index (χ0) is 17.0. The summed E-state index contributed by atoms with van der Waals surface area (Å²) in [4.78, 5) is 23.1. The van der Waals surface area contributed by atoms with E-state index in [4.69, 9.17) is 0 Å². The van der Waals surface area contributed by atoms with Crippen molar-refractivity contribution in [3.05, 3.63) is 59.7 Å². The van der Waals surface area contributed by atoms with Crippen LogP contribution in [0.5, 0.6) is 0 Å². The van der Waals surface area contributed by atoms with Gasteiger partial charge in [-0.05, 0) is 23.1 Å². The van der Waals surface area contributed by atoms with E-state index in [1.807, 2.05) is 0 Å². The summed E-state index contributed by atoms with van der Waals surface area (Å²) >= 11 is 0. The Morgan fingerprint density at radius 1 is 0.739 bits per heavy atom. The first-order chi connectivity index (χ1) is 10.9. The van der Waals surface area contributed by atoms with Crippen molar-refractivity contribution in [1.29, 1.82) is 0 Å². The van der Waals surface area contributed by atoms with Crippen LogP contribution in [0.15, 0.2) is 36.4 Å². The predicted molar refractivity (Wildman–Crippen MR) is 78.2 cm³/mol. The highest BCUT2D eigenvalue weighted by atomic mass is 19.2. The van der Waals surface area contributed by atoms with Crippen LogP contribution in [0.25, 0.3) is 0 Å². The van der Waals surface area contributed by atoms with Crippen LogP contribution in [-0.4, -0.2) is 26.3 Å². The lowest BCUT2D eigenvalue weighted by atomic mass is 9.68. The highest BCUT2D eigenvalue weighted by molar-refractivity contribution is 6.87. The van der Waals surface area contributed by atoms with E-state index in [2.05, 4.69) is 4.74 Å². The minimum absolute atomic E-state index is 0.278. The van der Waals surface area contributed by atoms with Crippen LogP contribution in [0.4, 0.5) is 27.2 Å². The number of hydrogen-bond acceptors (Lipinski definition) is 3. The van der Waals surface area contributed by atoms with Crippen LogP contribution in [0.3, 0.4) is 0 Å². The van der Waals surface area contributed by atoms with Crippen molar-refractivity contribution in [2.75, 3.05) is 0 Å². The summed E-state index contributed by atoms with van der Waals surface area (Å²) in [5.74, 6) is -6.96. The molecule has 0 spiro atoms. The van der Waals surface area contributed by atoms with Crippen LogP contribution in [-0.2, 0) is 4.74 Å². The van der Waals surface area contributed by atoms with Gasteiger partial charge in [0.25, 0.3) is 26.3 Å². The molecule has 23 heavy (non-hydrogen) atoms. The first-order valence-electron chi connectivity index (χ1n) is 6.47. The van der Waals surface area contributed by atoms with Gasteiger partial charge in [0.05, 0.1) is 0 Å². The molecule has 3 nitrogen and oxygen atoms in total. The van der Waals surface area contributed by atoms with E-state index in [9.17, 15) is 27.2 Å². The first-order valence-corrected chi connectivity index (χ1v) is 6.47. The van der Waals surface area contributed by atoms with Gasteiger partial charge in [-0.3, -0.25) is 9.59 Å². The molecule has 0 heterocycles. The van der Waals surface area contributed by atoms with E-state index in [0.29, 0.717) is 0 Å². The third-order valence-electron chi connectivity index (χ3n) is 2.96. The molecule has 2 rings (SSSR count). The van der Waals surface area contributed by atoms with Crippen molar-refractivity contribution in [3.63, 3.8) is 0 Å². The lowest BCUT2D eigenvalue weighted by molar-refractivity contribution is 0.184. The molecule has 9 heteroatoms. The minimum atomic E-state index is -1.21. The van der Waals surface area contributed by atoms with E-state index in [1.54, 1.807) is 0 Å². The van der Waals surface area contributed by atoms with E-state index in [-0.39, 0.29) is 10.9 Å². The Balaban J connectivity index is 1.99. The fraction of sp³-hybridized carbons (Fsp3) is 0. The molecule has 2 aromatic carbocycles. The van der Waals surface area contributed by atoms with Gasteiger partial charge in [0.1, 0.15) is 0 Å². The predicted octanol–water partition coefficient (Wildman–Crippen LogP) is 1.32. The Bertz CT molecular complexity index is 704. The van der Waals surface area contributed by atoms with Gasteiger partial charge in [0, 0.05) is 0 Å². The summed E-state index contributed by atoms with van der Waals surface area (Å²) in [6.07, 6.45) is 0. The van der Waals surface area contributed by atoms with Crippen LogP contribution >= 0.6 is 0 Å². The number of ether oxygens (including phenoxy) is 1. The molecule has 0 saturated carbocycles. The van der Waals surface area contributed by atoms with Crippen LogP contribution < -0.4 is 10.9 Å². The molecule has 0 saturated heterocycles. The van der Waals surface area contributed by atoms with Gasteiger partial charge in [-0.15, -0.1) is 0 Å². The van der Waals surface area contributed by atoms with Crippen molar-refractivity contribution in [1.82, 2.24) is 0 Å². The zero-order valence-electron chi connectivity index (χ0n) is 11.6. The maximum absolute atomic E-state index is 13.4. The highest BCUT2D eigenvalue weighted by Crippen LogP contribution is 2.02. The zero-order valence-corrected chi connectivity index (χ0v) is 11.6. The summed E-state index contributed by atoms with van der Waals surface area (Å²) in [7, 11) is -1.33. The minimum Gasteiger partial charge on any atom is -0.410 e. The van der Waals surface area contributed by atoms with Gasteiger partial charge in [0.2, 0.25) is 0 Å². The van der Waals surface area contributed by atoms with Gasteiger partial charge in [-0.25, -0.2) is 17.6 Å². The number of carbonyl (C=O) groups excluding carboxylic acids is 2. The van der Waals surface area contributed by atoms with Crippen LogP contribution in [0.2, 0.25) is 0 Å². The molecule has 116 valence electrons. The fourth-order valence-electron chi connectivity index (χ4n) is 1.88. The lowest BCUT2D eigenvalue weighted by Crippen LogP contribution is -2.34. The molecule has 2 aromatic rings. The number of hydrogen-bond donors (Lipinski definition) is 0. The Hall–Kier alpha value is -2.57. The van der Waals surface area contributed by atoms with Crippen molar-refractivity contribution in [2.24, 2.45) is 0 Å². The Kier molecular flexibility index (Phi) is 5.20. The molecule has 0 amide bonds. The average molecular weight is 322 g/mol. The summed E-state index contributed by atoms with van der Waals surface area (Å²) in [6, 6.07) is 6.48. The second-order valence-electron chi connectivity index (χ2n) is 4.63. The monoisotopic (exact) mass is 322 g/mol. The number of rotatable bonds is 4. The second-order valence-corrected chi connectivity index (χ2v) is 4.63. The maximum atomic E-state index is 13.4. The summed E-state index contributed by atoms with van der Waals surface area (Å²) < 4.78 is 57.1. The summed E-state index contributed by atoms with van der Waals surface area (Å²) in [5.41, 5.74) is -0.556. The number of halogens is 4. The molecule has 0 aliphatic heterocycles. The van der Waals surface area contributed by atoms with Gasteiger partial charge >= 0.3 is 0 Å². The largest absolute Gasteiger partial charge is 0.410 e. The third kappa shape index (κ3) is 4.21. The molecule has 0 aliphatic carbocycles. The number of carbonyl (C=O) groups is 2. The second kappa shape index (κ2) is 7.13. The van der Waals surface area contributed by atoms with Crippen molar-refractivity contribution in [3.8, 4) is 0 Å². The molecular weight excluding hydrogens is 314 g/mol. The van der Waals surface area contributed by atoms with Crippen molar-refractivity contribution >= 4 is 37.2 Å². The first kappa shape index (κ1) is 16.8. The quantitative estimate of drug-likeness (QED) is 0.485. The van der Waals surface area contributed by atoms with E-state index >= 15 is 0 Å². The molecule has 0 atom stereocenters. The molecule has 0 unspecified atom stereocenters. The summed E-state index contributed by atoms with van der Waals surface area (Å²) in [5, 5.41) is 0. The summed E-state index contributed by atoms with van der Waals surface area (Å²) in [6.45, 7) is 0. The topological polar surface area (TPSA) is 43.4 Å². The number of benzene rings is 2.